The number of hydrogen-bond donors (Lipinski definition) is 1. The van der Waals surface area contributed by atoms with Crippen molar-refractivity contribution in [3.05, 3.63) is 23.8 Å². The van der Waals surface area contributed by atoms with E-state index < -0.39 is 11.4 Å². The van der Waals surface area contributed by atoms with Gasteiger partial charge in [0.25, 0.3) is 0 Å². The third-order valence-electron chi connectivity index (χ3n) is 4.81. The normalized spacial score (nSPS) is 24.3. The average molecular weight is 308 g/mol. The highest BCUT2D eigenvalue weighted by molar-refractivity contribution is 5.79. The Morgan fingerprint density at radius 3 is 2.59 bits per heavy atom. The zero-order chi connectivity index (χ0) is 16.4. The Morgan fingerprint density at radius 2 is 2.00 bits per heavy atom. The van der Waals surface area contributed by atoms with Crippen molar-refractivity contribution in [3.8, 4) is 0 Å². The van der Waals surface area contributed by atoms with Crippen LogP contribution in [0.25, 0.3) is 0 Å². The molecule has 0 aliphatic heterocycles. The second-order valence-electron chi connectivity index (χ2n) is 6.34. The number of methoxy groups -OCH3 is 1. The van der Waals surface area contributed by atoms with E-state index in [-0.39, 0.29) is 5.92 Å². The number of aliphatic carboxylic acids is 1. The number of ether oxygens (including phenoxy) is 1. The van der Waals surface area contributed by atoms with Crippen LogP contribution in [0.3, 0.4) is 0 Å². The minimum absolute atomic E-state index is 0.113. The summed E-state index contributed by atoms with van der Waals surface area (Å²) in [4.78, 5) is 12.2. The van der Waals surface area contributed by atoms with E-state index in [1.54, 1.807) is 7.11 Å². The van der Waals surface area contributed by atoms with Crippen molar-refractivity contribution in [2.75, 3.05) is 13.7 Å². The van der Waals surface area contributed by atoms with Crippen molar-refractivity contribution in [1.29, 1.82) is 0 Å². The predicted molar refractivity (Wildman–Crippen MR) is 90.9 cm³/mol. The highest BCUT2D eigenvalue weighted by Gasteiger charge is 2.45. The van der Waals surface area contributed by atoms with Crippen molar-refractivity contribution in [2.45, 2.75) is 65.2 Å². The van der Waals surface area contributed by atoms with Gasteiger partial charge in [0, 0.05) is 13.7 Å². The number of carboxylic acids is 1. The molecule has 2 atom stereocenters. The lowest BCUT2D eigenvalue weighted by atomic mass is 9.64. The maximum atomic E-state index is 12.2. The van der Waals surface area contributed by atoms with Gasteiger partial charge in [0.15, 0.2) is 0 Å². The monoisotopic (exact) mass is 308 g/mol. The van der Waals surface area contributed by atoms with Crippen molar-refractivity contribution in [1.82, 2.24) is 0 Å². The lowest BCUT2D eigenvalue weighted by Gasteiger charge is -2.39. The Bertz CT molecular complexity index is 397. The van der Waals surface area contributed by atoms with Crippen LogP contribution in [0.5, 0.6) is 0 Å². The molecular weight excluding hydrogens is 276 g/mol. The SMILES string of the molecule is CCCCCC1(C(=O)O)C=CC=C(CCOC)C1CCCC. The van der Waals surface area contributed by atoms with Crippen LogP contribution in [-0.4, -0.2) is 24.8 Å². The number of carbonyl (C=O) groups is 1. The van der Waals surface area contributed by atoms with Gasteiger partial charge in [-0.15, -0.1) is 0 Å². The molecule has 3 nitrogen and oxygen atoms in total. The van der Waals surface area contributed by atoms with Gasteiger partial charge in [-0.2, -0.15) is 0 Å². The van der Waals surface area contributed by atoms with Gasteiger partial charge in [-0.3, -0.25) is 4.79 Å². The summed E-state index contributed by atoms with van der Waals surface area (Å²) in [5.41, 5.74) is 0.527. The summed E-state index contributed by atoms with van der Waals surface area (Å²) < 4.78 is 5.21. The molecule has 0 heterocycles. The van der Waals surface area contributed by atoms with E-state index in [0.717, 1.165) is 51.4 Å². The summed E-state index contributed by atoms with van der Waals surface area (Å²) in [6.45, 7) is 4.98. The van der Waals surface area contributed by atoms with Gasteiger partial charge in [-0.25, -0.2) is 0 Å². The van der Waals surface area contributed by atoms with E-state index in [1.807, 2.05) is 12.2 Å². The highest BCUT2D eigenvalue weighted by Crippen LogP contribution is 2.46. The molecule has 0 aromatic heterocycles. The molecule has 2 unspecified atom stereocenters. The minimum atomic E-state index is -0.720. The highest BCUT2D eigenvalue weighted by atomic mass is 16.5. The molecule has 0 radical (unpaired) electrons. The van der Waals surface area contributed by atoms with Crippen LogP contribution in [0.4, 0.5) is 0 Å². The van der Waals surface area contributed by atoms with Gasteiger partial charge in [-0.05, 0) is 25.2 Å². The Labute approximate surface area is 135 Å². The molecular formula is C19H32O3. The number of carboxylic acid groups (broad SMARTS) is 1. The zero-order valence-electron chi connectivity index (χ0n) is 14.4. The van der Waals surface area contributed by atoms with E-state index in [9.17, 15) is 9.90 Å². The number of rotatable bonds is 11. The van der Waals surface area contributed by atoms with Crippen LogP contribution >= 0.6 is 0 Å². The smallest absolute Gasteiger partial charge is 0.314 e. The van der Waals surface area contributed by atoms with Crippen molar-refractivity contribution in [3.63, 3.8) is 0 Å². The largest absolute Gasteiger partial charge is 0.481 e. The molecule has 0 spiro atoms. The molecule has 1 rings (SSSR count). The molecule has 1 N–H and O–H groups in total. The van der Waals surface area contributed by atoms with Crippen LogP contribution in [-0.2, 0) is 9.53 Å². The number of hydrogen-bond acceptors (Lipinski definition) is 2. The maximum absolute atomic E-state index is 12.2. The van der Waals surface area contributed by atoms with E-state index >= 15 is 0 Å². The molecule has 3 heteroatoms. The van der Waals surface area contributed by atoms with Crippen LogP contribution in [0.15, 0.2) is 23.8 Å². The van der Waals surface area contributed by atoms with Crippen LogP contribution in [0, 0.1) is 11.3 Å². The maximum Gasteiger partial charge on any atom is 0.314 e. The quantitative estimate of drug-likeness (QED) is 0.548. The molecule has 22 heavy (non-hydrogen) atoms. The average Bonchev–Trinajstić information content (AvgIpc) is 2.51. The number of allylic oxidation sites excluding steroid dienone is 2. The Balaban J connectivity index is 3.00. The topological polar surface area (TPSA) is 46.5 Å². The third-order valence-corrected chi connectivity index (χ3v) is 4.81. The lowest BCUT2D eigenvalue weighted by Crippen LogP contribution is -2.39. The fourth-order valence-corrected chi connectivity index (χ4v) is 3.49. The van der Waals surface area contributed by atoms with Gasteiger partial charge < -0.3 is 9.84 Å². The lowest BCUT2D eigenvalue weighted by molar-refractivity contribution is -0.149. The summed E-state index contributed by atoms with van der Waals surface area (Å²) in [6.07, 6.45) is 13.9. The van der Waals surface area contributed by atoms with Crippen LogP contribution < -0.4 is 0 Å². The van der Waals surface area contributed by atoms with E-state index in [2.05, 4.69) is 19.9 Å². The first kappa shape index (κ1) is 19.0. The minimum Gasteiger partial charge on any atom is -0.481 e. The molecule has 0 aromatic rings. The fraction of sp³-hybridized carbons (Fsp3) is 0.737. The van der Waals surface area contributed by atoms with Gasteiger partial charge in [0.05, 0.1) is 5.41 Å². The Kier molecular flexibility index (Phi) is 8.47. The molecule has 0 saturated heterocycles. The molecule has 0 aromatic carbocycles. The standard InChI is InChI=1S/C19H32O3/c1-4-6-8-13-19(18(20)21)14-9-10-16(12-15-22-3)17(19)11-7-5-2/h9-10,14,17H,4-8,11-13,15H2,1-3H3,(H,20,21). The van der Waals surface area contributed by atoms with Crippen molar-refractivity contribution in [2.24, 2.45) is 11.3 Å². The summed E-state index contributed by atoms with van der Waals surface area (Å²) >= 11 is 0. The fourth-order valence-electron chi connectivity index (χ4n) is 3.49. The van der Waals surface area contributed by atoms with Crippen LogP contribution in [0.1, 0.15) is 65.2 Å². The molecule has 0 amide bonds. The second kappa shape index (κ2) is 9.83. The van der Waals surface area contributed by atoms with Crippen molar-refractivity contribution >= 4 is 5.97 Å². The molecule has 1 aliphatic carbocycles. The van der Waals surface area contributed by atoms with Gasteiger partial charge in [0.1, 0.15) is 0 Å². The predicted octanol–water partition coefficient (Wildman–Crippen LogP) is 4.98. The summed E-state index contributed by atoms with van der Waals surface area (Å²) in [5.74, 6) is -0.550. The van der Waals surface area contributed by atoms with Crippen molar-refractivity contribution < 1.29 is 14.6 Å². The van der Waals surface area contributed by atoms with Crippen LogP contribution in [0.2, 0.25) is 0 Å². The van der Waals surface area contributed by atoms with Gasteiger partial charge in [-0.1, -0.05) is 69.8 Å². The second-order valence-corrected chi connectivity index (χ2v) is 6.34. The molecule has 0 bridgehead atoms. The summed E-state index contributed by atoms with van der Waals surface area (Å²) in [7, 11) is 1.70. The first-order valence-corrected chi connectivity index (χ1v) is 8.73. The van der Waals surface area contributed by atoms with E-state index in [0.29, 0.717) is 6.61 Å². The first-order valence-electron chi connectivity index (χ1n) is 8.73. The van der Waals surface area contributed by atoms with Gasteiger partial charge >= 0.3 is 5.97 Å². The summed E-state index contributed by atoms with van der Waals surface area (Å²) in [6, 6.07) is 0. The third kappa shape index (κ3) is 4.70. The molecule has 1 aliphatic rings. The molecule has 0 saturated carbocycles. The first-order chi connectivity index (χ1) is 10.6. The summed E-state index contributed by atoms with van der Waals surface area (Å²) in [5, 5.41) is 9.99. The Hall–Kier alpha value is -1.09. The van der Waals surface area contributed by atoms with E-state index in [4.69, 9.17) is 4.74 Å². The molecule has 0 fully saturated rings. The van der Waals surface area contributed by atoms with E-state index in [1.165, 1.54) is 5.57 Å². The zero-order valence-corrected chi connectivity index (χ0v) is 14.4. The molecule has 126 valence electrons. The Morgan fingerprint density at radius 1 is 1.27 bits per heavy atom. The number of unbranched alkanes of at least 4 members (excludes halogenated alkanes) is 3. The van der Waals surface area contributed by atoms with Gasteiger partial charge in [0.2, 0.25) is 0 Å².